The summed E-state index contributed by atoms with van der Waals surface area (Å²) in [6.07, 6.45) is 0.360. The average Bonchev–Trinajstić information content (AvgIpc) is 2.84. The van der Waals surface area contributed by atoms with Crippen LogP contribution in [0.25, 0.3) is 10.9 Å². The quantitative estimate of drug-likeness (QED) is 0.666. The minimum Gasteiger partial charge on any atom is -0.443 e. The highest BCUT2D eigenvalue weighted by atomic mass is 16.6. The van der Waals surface area contributed by atoms with E-state index in [0.717, 1.165) is 16.6 Å². The van der Waals surface area contributed by atoms with Gasteiger partial charge in [0.15, 0.2) is 0 Å². The van der Waals surface area contributed by atoms with E-state index in [-0.39, 0.29) is 6.09 Å². The molecule has 3 rings (SSSR count). The zero-order valence-electron chi connectivity index (χ0n) is 13.7. The highest BCUT2D eigenvalue weighted by molar-refractivity contribution is 5.91. The molecule has 0 fully saturated rings. The normalized spacial score (nSPS) is 11.6. The largest absolute Gasteiger partial charge is 0.443 e. The minimum atomic E-state index is -0.521. The minimum absolute atomic E-state index is 0.329. The average molecular weight is 307 g/mol. The Morgan fingerprint density at radius 1 is 1.00 bits per heavy atom. The van der Waals surface area contributed by atoms with Crippen molar-refractivity contribution in [2.75, 3.05) is 0 Å². The second-order valence-corrected chi connectivity index (χ2v) is 6.67. The summed E-state index contributed by atoms with van der Waals surface area (Å²) < 4.78 is 7.28. The van der Waals surface area contributed by atoms with Gasteiger partial charge in [-0.05, 0) is 38.5 Å². The Bertz CT molecular complexity index is 826. The molecule has 0 aliphatic heterocycles. The van der Waals surface area contributed by atoms with E-state index in [2.05, 4.69) is 18.2 Å². The number of fused-ring (bicyclic) bond motifs is 1. The fourth-order valence-corrected chi connectivity index (χ4v) is 2.67. The highest BCUT2D eigenvalue weighted by Gasteiger charge is 2.22. The van der Waals surface area contributed by atoms with Gasteiger partial charge >= 0.3 is 6.09 Å². The van der Waals surface area contributed by atoms with Gasteiger partial charge in [0.2, 0.25) is 0 Å². The molecule has 0 aliphatic rings. The first-order chi connectivity index (χ1) is 10.9. The van der Waals surface area contributed by atoms with Crippen molar-refractivity contribution in [2.24, 2.45) is 0 Å². The van der Waals surface area contributed by atoms with E-state index in [0.29, 0.717) is 6.42 Å². The second-order valence-electron chi connectivity index (χ2n) is 6.67. The summed E-state index contributed by atoms with van der Waals surface area (Å²) in [6, 6.07) is 20.1. The molecule has 3 aromatic rings. The first-order valence-corrected chi connectivity index (χ1v) is 7.81. The van der Waals surface area contributed by atoms with E-state index in [9.17, 15) is 4.79 Å². The van der Waals surface area contributed by atoms with Crippen molar-refractivity contribution in [3.8, 4) is 0 Å². The Balaban J connectivity index is 2.06. The summed E-state index contributed by atoms with van der Waals surface area (Å²) in [5, 5.41) is 1.05. The summed E-state index contributed by atoms with van der Waals surface area (Å²) in [4.78, 5) is 12.7. The number of para-hydroxylation sites is 1. The molecular weight excluding hydrogens is 286 g/mol. The van der Waals surface area contributed by atoms with Crippen LogP contribution in [0.4, 0.5) is 4.79 Å². The first kappa shape index (κ1) is 15.3. The third-order valence-electron chi connectivity index (χ3n) is 3.59. The second kappa shape index (κ2) is 5.92. The van der Waals surface area contributed by atoms with Gasteiger partial charge in [0.25, 0.3) is 0 Å². The zero-order valence-corrected chi connectivity index (χ0v) is 13.7. The smallest absolute Gasteiger partial charge is 0.419 e. The van der Waals surface area contributed by atoms with Crippen LogP contribution in [0.15, 0.2) is 60.7 Å². The van der Waals surface area contributed by atoms with Crippen molar-refractivity contribution < 1.29 is 9.53 Å². The van der Waals surface area contributed by atoms with Crippen LogP contribution in [-0.2, 0) is 11.2 Å². The van der Waals surface area contributed by atoms with Gasteiger partial charge in [0.1, 0.15) is 5.60 Å². The van der Waals surface area contributed by atoms with Crippen molar-refractivity contribution in [1.29, 1.82) is 0 Å². The Hall–Kier alpha value is -2.55. The molecule has 0 saturated carbocycles. The standard InChI is InChI=1S/C20H21NO2/c1-20(2,3)23-19(22)21-17(13-15-9-5-4-6-10-15)14-16-11-7-8-12-18(16)21/h4-12,14H,13H2,1-3H3. The molecule has 3 heteroatoms. The van der Waals surface area contributed by atoms with E-state index in [1.807, 2.05) is 63.2 Å². The highest BCUT2D eigenvalue weighted by Crippen LogP contribution is 2.23. The van der Waals surface area contributed by atoms with Crippen molar-refractivity contribution in [3.05, 3.63) is 71.9 Å². The number of rotatable bonds is 2. The Morgan fingerprint density at radius 3 is 2.35 bits per heavy atom. The molecule has 0 bridgehead atoms. The Morgan fingerprint density at radius 2 is 1.65 bits per heavy atom. The molecule has 23 heavy (non-hydrogen) atoms. The maximum Gasteiger partial charge on any atom is 0.419 e. The van der Waals surface area contributed by atoms with Gasteiger partial charge in [-0.1, -0.05) is 48.5 Å². The lowest BCUT2D eigenvalue weighted by molar-refractivity contribution is 0.0541. The van der Waals surface area contributed by atoms with Crippen LogP contribution >= 0.6 is 0 Å². The van der Waals surface area contributed by atoms with Crippen LogP contribution in [0.2, 0.25) is 0 Å². The fraction of sp³-hybridized carbons (Fsp3) is 0.250. The summed E-state index contributed by atoms with van der Waals surface area (Å²) in [5.74, 6) is 0. The van der Waals surface area contributed by atoms with E-state index < -0.39 is 5.60 Å². The SMILES string of the molecule is CC(C)(C)OC(=O)n1c(Cc2ccccc2)cc2ccccc21. The van der Waals surface area contributed by atoms with Crippen LogP contribution in [0.5, 0.6) is 0 Å². The third-order valence-corrected chi connectivity index (χ3v) is 3.59. The topological polar surface area (TPSA) is 31.2 Å². The fourth-order valence-electron chi connectivity index (χ4n) is 2.67. The molecule has 0 spiro atoms. The summed E-state index contributed by atoms with van der Waals surface area (Å²) >= 11 is 0. The molecule has 118 valence electrons. The van der Waals surface area contributed by atoms with E-state index in [1.165, 1.54) is 5.56 Å². The molecular formula is C20H21NO2. The summed E-state index contributed by atoms with van der Waals surface area (Å²) in [6.45, 7) is 5.65. The lowest BCUT2D eigenvalue weighted by atomic mass is 10.1. The maximum absolute atomic E-state index is 12.7. The van der Waals surface area contributed by atoms with Gasteiger partial charge in [0.05, 0.1) is 5.52 Å². The van der Waals surface area contributed by atoms with Gasteiger partial charge in [-0.3, -0.25) is 0 Å². The monoisotopic (exact) mass is 307 g/mol. The number of carbonyl (C=O) groups is 1. The molecule has 0 atom stereocenters. The Labute approximate surface area is 136 Å². The van der Waals surface area contributed by atoms with E-state index in [1.54, 1.807) is 4.57 Å². The number of benzene rings is 2. The van der Waals surface area contributed by atoms with Crippen molar-refractivity contribution in [3.63, 3.8) is 0 Å². The molecule has 0 N–H and O–H groups in total. The Kier molecular flexibility index (Phi) is 3.95. The number of ether oxygens (including phenoxy) is 1. The third kappa shape index (κ3) is 3.45. The number of aromatic nitrogens is 1. The maximum atomic E-state index is 12.7. The molecule has 1 heterocycles. The van der Waals surface area contributed by atoms with Crippen LogP contribution in [-0.4, -0.2) is 16.3 Å². The number of nitrogens with zero attached hydrogens (tertiary/aromatic N) is 1. The van der Waals surface area contributed by atoms with Gasteiger partial charge in [0, 0.05) is 17.5 Å². The van der Waals surface area contributed by atoms with Gasteiger partial charge in [-0.25, -0.2) is 9.36 Å². The van der Waals surface area contributed by atoms with Gasteiger partial charge in [-0.2, -0.15) is 0 Å². The molecule has 2 aromatic carbocycles. The molecule has 0 aliphatic carbocycles. The van der Waals surface area contributed by atoms with Crippen molar-refractivity contribution in [1.82, 2.24) is 4.57 Å². The summed E-state index contributed by atoms with van der Waals surface area (Å²) in [7, 11) is 0. The van der Waals surface area contributed by atoms with Crippen molar-refractivity contribution >= 4 is 17.0 Å². The van der Waals surface area contributed by atoms with E-state index >= 15 is 0 Å². The molecule has 3 nitrogen and oxygen atoms in total. The molecule has 1 aromatic heterocycles. The molecule has 0 saturated heterocycles. The number of carbonyl (C=O) groups excluding carboxylic acids is 1. The lowest BCUT2D eigenvalue weighted by Gasteiger charge is -2.21. The van der Waals surface area contributed by atoms with E-state index in [4.69, 9.17) is 4.74 Å². The molecule has 0 amide bonds. The zero-order chi connectivity index (χ0) is 16.4. The van der Waals surface area contributed by atoms with Crippen LogP contribution in [0, 0.1) is 0 Å². The van der Waals surface area contributed by atoms with Crippen molar-refractivity contribution in [2.45, 2.75) is 32.8 Å². The number of hydrogen-bond donors (Lipinski definition) is 0. The van der Waals surface area contributed by atoms with Crippen LogP contribution < -0.4 is 0 Å². The van der Waals surface area contributed by atoms with Gasteiger partial charge in [-0.15, -0.1) is 0 Å². The molecule has 0 unspecified atom stereocenters. The summed E-state index contributed by atoms with van der Waals surface area (Å²) in [5.41, 5.74) is 2.46. The van der Waals surface area contributed by atoms with Gasteiger partial charge < -0.3 is 4.74 Å². The predicted molar refractivity (Wildman–Crippen MR) is 92.8 cm³/mol. The predicted octanol–water partition coefficient (Wildman–Crippen LogP) is 5.02. The first-order valence-electron chi connectivity index (χ1n) is 7.81. The van der Waals surface area contributed by atoms with Crippen LogP contribution in [0.3, 0.4) is 0 Å². The number of hydrogen-bond acceptors (Lipinski definition) is 2. The molecule has 0 radical (unpaired) electrons. The lowest BCUT2D eigenvalue weighted by Crippen LogP contribution is -2.28. The van der Waals surface area contributed by atoms with Crippen LogP contribution in [0.1, 0.15) is 32.0 Å².